The number of hydrogen-bond acceptors (Lipinski definition) is 3. The quantitative estimate of drug-likeness (QED) is 0.629. The molecule has 0 fully saturated rings. The van der Waals surface area contributed by atoms with Gasteiger partial charge in [-0.15, -0.1) is 0 Å². The number of likely N-dealkylation sites (N-methyl/N-ethyl adjacent to an activating group) is 1. The minimum Gasteiger partial charge on any atom is -0.462 e. The Bertz CT molecular complexity index is 507. The maximum absolute atomic E-state index is 13.0. The van der Waals surface area contributed by atoms with Crippen LogP contribution in [0.5, 0.6) is 0 Å². The van der Waals surface area contributed by atoms with Crippen molar-refractivity contribution in [3.05, 3.63) is 48.0 Å². The number of benzene rings is 1. The molecule has 0 amide bonds. The van der Waals surface area contributed by atoms with Gasteiger partial charge in [0.15, 0.2) is 0 Å². The Labute approximate surface area is 127 Å². The largest absolute Gasteiger partial charge is 0.462 e. The highest BCUT2D eigenvalue weighted by molar-refractivity contribution is 5.85. The van der Waals surface area contributed by atoms with E-state index in [1.165, 1.54) is 0 Å². The van der Waals surface area contributed by atoms with E-state index in [0.717, 1.165) is 18.4 Å². The van der Waals surface area contributed by atoms with Gasteiger partial charge >= 0.3 is 5.97 Å². The molecule has 0 saturated heterocycles. The van der Waals surface area contributed by atoms with Crippen LogP contribution in [0, 0.1) is 0 Å². The average Bonchev–Trinajstić information content (AvgIpc) is 2.47. The van der Waals surface area contributed by atoms with Gasteiger partial charge in [-0.05, 0) is 46.3 Å². The second-order valence-electron chi connectivity index (χ2n) is 6.17. The number of hydrogen-bond donors (Lipinski definition) is 0. The molecule has 1 aromatic carbocycles. The van der Waals surface area contributed by atoms with Gasteiger partial charge in [0.05, 0.1) is 6.10 Å². The first kappa shape index (κ1) is 15.8. The van der Waals surface area contributed by atoms with E-state index in [0.29, 0.717) is 0 Å². The molecule has 0 radical (unpaired) electrons. The monoisotopic (exact) mass is 287 g/mol. The third kappa shape index (κ3) is 3.03. The number of carbonyl (C=O) groups excluding carboxylic acids is 1. The lowest BCUT2D eigenvalue weighted by atomic mass is 9.68. The zero-order valence-corrected chi connectivity index (χ0v) is 13.4. The molecule has 2 unspecified atom stereocenters. The average molecular weight is 287 g/mol. The summed E-state index contributed by atoms with van der Waals surface area (Å²) in [4.78, 5) is 15.1. The third-order valence-corrected chi connectivity index (χ3v) is 4.08. The zero-order valence-electron chi connectivity index (χ0n) is 13.4. The van der Waals surface area contributed by atoms with Crippen LogP contribution in [-0.4, -0.2) is 37.1 Å². The van der Waals surface area contributed by atoms with Gasteiger partial charge in [0.2, 0.25) is 0 Å². The van der Waals surface area contributed by atoms with Crippen molar-refractivity contribution in [2.24, 2.45) is 0 Å². The van der Waals surface area contributed by atoms with E-state index < -0.39 is 5.41 Å². The molecule has 1 aromatic rings. The molecule has 114 valence electrons. The number of carbonyl (C=O) groups is 1. The van der Waals surface area contributed by atoms with Crippen molar-refractivity contribution < 1.29 is 9.53 Å². The summed E-state index contributed by atoms with van der Waals surface area (Å²) in [7, 11) is 4.03. The fraction of sp³-hybridized carbons (Fsp3) is 0.500. The molecule has 0 N–H and O–H groups in total. The van der Waals surface area contributed by atoms with Crippen LogP contribution in [0.15, 0.2) is 42.5 Å². The summed E-state index contributed by atoms with van der Waals surface area (Å²) in [5.74, 6) is -0.119. The van der Waals surface area contributed by atoms with Crippen molar-refractivity contribution in [1.82, 2.24) is 4.90 Å². The van der Waals surface area contributed by atoms with Gasteiger partial charge in [0.1, 0.15) is 5.41 Å². The van der Waals surface area contributed by atoms with Gasteiger partial charge < -0.3 is 9.64 Å². The number of esters is 1. The van der Waals surface area contributed by atoms with Gasteiger partial charge in [0, 0.05) is 6.04 Å². The Kier molecular flexibility index (Phi) is 4.84. The van der Waals surface area contributed by atoms with Crippen molar-refractivity contribution in [2.45, 2.75) is 44.2 Å². The van der Waals surface area contributed by atoms with Crippen LogP contribution in [0.25, 0.3) is 0 Å². The summed E-state index contributed by atoms with van der Waals surface area (Å²) >= 11 is 0. The van der Waals surface area contributed by atoms with E-state index >= 15 is 0 Å². The lowest BCUT2D eigenvalue weighted by molar-refractivity contribution is -0.157. The van der Waals surface area contributed by atoms with Crippen LogP contribution in [0.1, 0.15) is 32.3 Å². The highest BCUT2D eigenvalue weighted by Gasteiger charge is 2.49. The van der Waals surface area contributed by atoms with Crippen LogP contribution in [-0.2, 0) is 14.9 Å². The standard InChI is InChI=1S/C18H25NO2/c1-14(2)21-17(20)18(15-10-6-5-7-11-15)13-9-8-12-16(18)19(3)4/h5-8,10-12,14,16H,9,13H2,1-4H3. The minimum absolute atomic E-state index is 0.0138. The molecule has 3 nitrogen and oxygen atoms in total. The normalized spacial score (nSPS) is 25.3. The Balaban J connectivity index is 2.53. The van der Waals surface area contributed by atoms with Crippen LogP contribution in [0.3, 0.4) is 0 Å². The van der Waals surface area contributed by atoms with Gasteiger partial charge in [0.25, 0.3) is 0 Å². The highest BCUT2D eigenvalue weighted by Crippen LogP contribution is 2.40. The Morgan fingerprint density at radius 2 is 1.95 bits per heavy atom. The second-order valence-corrected chi connectivity index (χ2v) is 6.17. The smallest absolute Gasteiger partial charge is 0.318 e. The van der Waals surface area contributed by atoms with Crippen LogP contribution in [0.4, 0.5) is 0 Å². The molecule has 2 rings (SSSR count). The van der Waals surface area contributed by atoms with E-state index in [-0.39, 0.29) is 18.1 Å². The number of allylic oxidation sites excluding steroid dienone is 1. The molecule has 21 heavy (non-hydrogen) atoms. The van der Waals surface area contributed by atoms with E-state index in [1.54, 1.807) is 0 Å². The maximum atomic E-state index is 13.0. The molecular formula is C18H25NO2. The highest BCUT2D eigenvalue weighted by atomic mass is 16.5. The summed E-state index contributed by atoms with van der Waals surface area (Å²) < 4.78 is 5.63. The molecule has 2 atom stereocenters. The van der Waals surface area contributed by atoms with Crippen molar-refractivity contribution in [2.75, 3.05) is 14.1 Å². The summed E-state index contributed by atoms with van der Waals surface area (Å²) in [5.41, 5.74) is 0.419. The molecule has 1 aliphatic carbocycles. The van der Waals surface area contributed by atoms with Crippen molar-refractivity contribution in [3.63, 3.8) is 0 Å². The van der Waals surface area contributed by atoms with Crippen molar-refractivity contribution >= 4 is 5.97 Å². The lowest BCUT2D eigenvalue weighted by Gasteiger charge is -2.43. The van der Waals surface area contributed by atoms with Gasteiger partial charge in [-0.3, -0.25) is 4.79 Å². The molecule has 0 bridgehead atoms. The first-order valence-corrected chi connectivity index (χ1v) is 7.58. The van der Waals surface area contributed by atoms with E-state index in [9.17, 15) is 4.79 Å². The SMILES string of the molecule is CC(C)OC(=O)C1(c2ccccc2)CCC=CC1N(C)C. The Hall–Kier alpha value is -1.61. The molecule has 0 aliphatic heterocycles. The number of nitrogens with zero attached hydrogens (tertiary/aromatic N) is 1. The molecule has 0 spiro atoms. The first-order valence-electron chi connectivity index (χ1n) is 7.58. The van der Waals surface area contributed by atoms with Crippen molar-refractivity contribution in [1.29, 1.82) is 0 Å². The maximum Gasteiger partial charge on any atom is 0.318 e. The molecule has 3 heteroatoms. The Morgan fingerprint density at radius 1 is 1.29 bits per heavy atom. The van der Waals surface area contributed by atoms with Crippen LogP contribution in [0.2, 0.25) is 0 Å². The van der Waals surface area contributed by atoms with E-state index in [1.807, 2.05) is 58.3 Å². The molecular weight excluding hydrogens is 262 g/mol. The minimum atomic E-state index is -0.621. The molecule has 0 heterocycles. The predicted molar refractivity (Wildman–Crippen MR) is 85.2 cm³/mol. The van der Waals surface area contributed by atoms with Gasteiger partial charge in [-0.2, -0.15) is 0 Å². The third-order valence-electron chi connectivity index (χ3n) is 4.08. The predicted octanol–water partition coefficient (Wildman–Crippen LogP) is 3.16. The Morgan fingerprint density at radius 3 is 2.52 bits per heavy atom. The van der Waals surface area contributed by atoms with E-state index in [2.05, 4.69) is 17.1 Å². The van der Waals surface area contributed by atoms with Crippen LogP contribution >= 0.6 is 0 Å². The van der Waals surface area contributed by atoms with E-state index in [4.69, 9.17) is 4.74 Å². The van der Waals surface area contributed by atoms with Crippen LogP contribution < -0.4 is 0 Å². The molecule has 0 aromatic heterocycles. The van der Waals surface area contributed by atoms with Gasteiger partial charge in [-0.1, -0.05) is 42.5 Å². The number of rotatable bonds is 4. The molecule has 1 aliphatic rings. The fourth-order valence-electron chi connectivity index (χ4n) is 3.17. The van der Waals surface area contributed by atoms with Crippen molar-refractivity contribution in [3.8, 4) is 0 Å². The molecule has 0 saturated carbocycles. The first-order chi connectivity index (χ1) is 9.98. The zero-order chi connectivity index (χ0) is 15.5. The summed E-state index contributed by atoms with van der Waals surface area (Å²) in [6, 6.07) is 10.1. The summed E-state index contributed by atoms with van der Waals surface area (Å²) in [5, 5.41) is 0. The summed E-state index contributed by atoms with van der Waals surface area (Å²) in [6.45, 7) is 3.81. The lowest BCUT2D eigenvalue weighted by Crippen LogP contribution is -2.54. The fourth-order valence-corrected chi connectivity index (χ4v) is 3.17. The van der Waals surface area contributed by atoms with Gasteiger partial charge in [-0.25, -0.2) is 0 Å². The summed E-state index contributed by atoms with van der Waals surface area (Å²) in [6.07, 6.45) is 5.87. The second kappa shape index (κ2) is 6.44. The topological polar surface area (TPSA) is 29.5 Å². The number of ether oxygens (including phenoxy) is 1.